The van der Waals surface area contributed by atoms with Gasteiger partial charge in [0, 0.05) is 6.61 Å². The van der Waals surface area contributed by atoms with Crippen LogP contribution in [-0.2, 0) is 18.6 Å². The predicted octanol–water partition coefficient (Wildman–Crippen LogP) is 9.05. The van der Waals surface area contributed by atoms with E-state index < -0.39 is 13.9 Å². The van der Waals surface area contributed by atoms with Crippen LogP contribution in [0.3, 0.4) is 0 Å². The van der Waals surface area contributed by atoms with E-state index in [1.807, 2.05) is 0 Å². The largest absolute Gasteiger partial charge is 0.746 e. The van der Waals surface area contributed by atoms with Crippen LogP contribution < -0.4 is 9.42 Å². The minimum atomic E-state index is -4.60. The summed E-state index contributed by atoms with van der Waals surface area (Å²) in [6.45, 7) is 6.80. The molecule has 8 heteroatoms. The highest BCUT2D eigenvalue weighted by molar-refractivity contribution is 7.46. The molecule has 0 aromatic heterocycles. The second-order valence-electron chi connectivity index (χ2n) is 9.89. The smallest absolute Gasteiger partial charge is 0.319 e. The maximum atomic E-state index is 12.2. The van der Waals surface area contributed by atoms with E-state index in [0.717, 1.165) is 12.8 Å². The van der Waals surface area contributed by atoms with Gasteiger partial charge >= 0.3 is 7.82 Å². The maximum absolute atomic E-state index is 12.2. The number of rotatable bonds is 27. The molecule has 0 radical (unpaired) electrons. The molecular formula is C30H51ClO6P-. The fourth-order valence-electron chi connectivity index (χ4n) is 4.16. The summed E-state index contributed by atoms with van der Waals surface area (Å²) < 4.78 is 33.5. The van der Waals surface area contributed by atoms with Gasteiger partial charge in [-0.2, -0.15) is 0 Å². The van der Waals surface area contributed by atoms with Crippen molar-refractivity contribution >= 4 is 19.4 Å². The van der Waals surface area contributed by atoms with Gasteiger partial charge in [0.1, 0.15) is 11.9 Å². The minimum absolute atomic E-state index is 0.0239. The molecule has 0 aliphatic carbocycles. The maximum Gasteiger partial charge on any atom is 0.319 e. The van der Waals surface area contributed by atoms with E-state index in [-0.39, 0.29) is 30.6 Å². The zero-order valence-electron chi connectivity index (χ0n) is 23.6. The normalized spacial score (nSPS) is 13.8. The number of benzene rings is 1. The predicted molar refractivity (Wildman–Crippen MR) is 156 cm³/mol. The Morgan fingerprint density at radius 1 is 0.868 bits per heavy atom. The number of hydrogen-bond donors (Lipinski definition) is 0. The Hall–Kier alpha value is -0.880. The lowest BCUT2D eigenvalue weighted by atomic mass is 10.0. The molecule has 1 rings (SSSR count). The van der Waals surface area contributed by atoms with Crippen molar-refractivity contribution in [3.8, 4) is 5.75 Å². The topological polar surface area (TPSA) is 77.1 Å². The third-order valence-electron chi connectivity index (χ3n) is 6.36. The van der Waals surface area contributed by atoms with E-state index in [1.54, 1.807) is 24.3 Å². The van der Waals surface area contributed by atoms with E-state index in [4.69, 9.17) is 30.1 Å². The highest BCUT2D eigenvalue weighted by atomic mass is 35.5. The monoisotopic (exact) mass is 573 g/mol. The Morgan fingerprint density at radius 2 is 1.39 bits per heavy atom. The molecule has 0 spiro atoms. The summed E-state index contributed by atoms with van der Waals surface area (Å²) in [5.74, 6) is 0.0239. The number of unbranched alkanes of at least 4 members (excludes halogenated alkanes) is 15. The highest BCUT2D eigenvalue weighted by Gasteiger charge is 2.18. The van der Waals surface area contributed by atoms with E-state index in [1.165, 1.54) is 96.0 Å². The number of phosphoric acid groups is 1. The average molecular weight is 574 g/mol. The zero-order chi connectivity index (χ0) is 27.7. The molecule has 0 fully saturated rings. The van der Waals surface area contributed by atoms with Gasteiger partial charge < -0.3 is 23.4 Å². The second-order valence-corrected chi connectivity index (χ2v) is 11.6. The van der Waals surface area contributed by atoms with Crippen LogP contribution in [-0.4, -0.2) is 32.5 Å². The second kappa shape index (κ2) is 24.0. The van der Waals surface area contributed by atoms with Crippen LogP contribution in [0.25, 0.3) is 0 Å². The van der Waals surface area contributed by atoms with Gasteiger partial charge in [0.25, 0.3) is 0 Å². The van der Waals surface area contributed by atoms with Crippen LogP contribution in [0.2, 0.25) is 5.02 Å². The first-order chi connectivity index (χ1) is 18.5. The van der Waals surface area contributed by atoms with Crippen LogP contribution in [0.1, 0.15) is 110 Å². The summed E-state index contributed by atoms with van der Waals surface area (Å²) in [5.41, 5.74) is 0. The van der Waals surface area contributed by atoms with Gasteiger partial charge in [0.05, 0.1) is 24.8 Å². The van der Waals surface area contributed by atoms with Crippen LogP contribution in [0, 0.1) is 0 Å². The molecule has 1 aromatic carbocycles. The molecule has 2 atom stereocenters. The Kier molecular flexibility index (Phi) is 22.2. The summed E-state index contributed by atoms with van der Waals surface area (Å²) in [7, 11) is -4.60. The summed E-state index contributed by atoms with van der Waals surface area (Å²) in [4.78, 5) is 12.2. The van der Waals surface area contributed by atoms with E-state index >= 15 is 0 Å². The standard InChI is InChI=1S/C30H52ClO6P/c1-3-5-6-7-8-9-10-11-12-13-14-15-16-17-18-21-25-34-26-28(35-24-4-2)27-36-38(32,33)37-30-23-20-19-22-29(30)31/h4,19-20,22-23,28H,2-3,5-18,21,24-27H2,1H3,(H,32,33)/p-1/t28-/m1/s1. The third-order valence-corrected chi connectivity index (χ3v) is 7.56. The molecule has 1 unspecified atom stereocenters. The van der Waals surface area contributed by atoms with E-state index in [0.29, 0.717) is 6.61 Å². The summed E-state index contributed by atoms with van der Waals surface area (Å²) in [6, 6.07) is 6.31. The Labute approximate surface area is 237 Å². The van der Waals surface area contributed by atoms with Gasteiger partial charge in [-0.15, -0.1) is 6.58 Å². The molecule has 0 aliphatic rings. The minimum Gasteiger partial charge on any atom is -0.746 e. The van der Waals surface area contributed by atoms with Gasteiger partial charge in [-0.3, -0.25) is 4.57 Å². The molecule has 38 heavy (non-hydrogen) atoms. The molecule has 0 saturated carbocycles. The van der Waals surface area contributed by atoms with Crippen LogP contribution >= 0.6 is 19.4 Å². The lowest BCUT2D eigenvalue weighted by Crippen LogP contribution is -2.27. The Balaban J connectivity index is 2.03. The molecular weight excluding hydrogens is 523 g/mol. The first-order valence-corrected chi connectivity index (χ1v) is 16.5. The number of para-hydroxylation sites is 1. The lowest BCUT2D eigenvalue weighted by Gasteiger charge is -2.26. The van der Waals surface area contributed by atoms with Crippen LogP contribution in [0.4, 0.5) is 0 Å². The summed E-state index contributed by atoms with van der Waals surface area (Å²) in [6.07, 6.45) is 22.3. The van der Waals surface area contributed by atoms with Crippen molar-refractivity contribution in [3.05, 3.63) is 41.9 Å². The highest BCUT2D eigenvalue weighted by Crippen LogP contribution is 2.42. The molecule has 0 amide bonds. The van der Waals surface area contributed by atoms with Crippen molar-refractivity contribution in [3.63, 3.8) is 0 Å². The van der Waals surface area contributed by atoms with Crippen molar-refractivity contribution < 1.29 is 28.0 Å². The number of ether oxygens (including phenoxy) is 2. The number of halogens is 1. The van der Waals surface area contributed by atoms with E-state index in [2.05, 4.69) is 13.5 Å². The van der Waals surface area contributed by atoms with Gasteiger partial charge in [-0.25, -0.2) is 0 Å². The zero-order valence-corrected chi connectivity index (χ0v) is 25.2. The first-order valence-electron chi connectivity index (χ1n) is 14.7. The molecule has 6 nitrogen and oxygen atoms in total. The van der Waals surface area contributed by atoms with Crippen LogP contribution in [0.15, 0.2) is 36.9 Å². The fourth-order valence-corrected chi connectivity index (χ4v) is 5.19. The molecule has 0 heterocycles. The Morgan fingerprint density at radius 3 is 1.92 bits per heavy atom. The van der Waals surface area contributed by atoms with Gasteiger partial charge in [-0.05, 0) is 18.6 Å². The first kappa shape index (κ1) is 35.1. The SMILES string of the molecule is C=CCO[C@H](COCCCCCCCCCCCCCCCCCC)COP(=O)([O-])Oc1ccccc1Cl. The van der Waals surface area contributed by atoms with Gasteiger partial charge in [0.15, 0.2) is 0 Å². The lowest BCUT2D eigenvalue weighted by molar-refractivity contribution is -0.219. The molecule has 0 bridgehead atoms. The molecule has 0 N–H and O–H groups in total. The quantitative estimate of drug-likeness (QED) is 0.0593. The van der Waals surface area contributed by atoms with Crippen molar-refractivity contribution in [2.24, 2.45) is 0 Å². The number of phosphoric ester groups is 1. The van der Waals surface area contributed by atoms with Crippen molar-refractivity contribution in [1.82, 2.24) is 0 Å². The number of hydrogen-bond acceptors (Lipinski definition) is 6. The summed E-state index contributed by atoms with van der Waals surface area (Å²) in [5, 5.41) is 0.189. The van der Waals surface area contributed by atoms with Crippen molar-refractivity contribution in [1.29, 1.82) is 0 Å². The average Bonchev–Trinajstić information content (AvgIpc) is 2.90. The van der Waals surface area contributed by atoms with Crippen molar-refractivity contribution in [2.75, 3.05) is 26.4 Å². The summed E-state index contributed by atoms with van der Waals surface area (Å²) >= 11 is 5.95. The molecule has 1 aromatic rings. The van der Waals surface area contributed by atoms with Crippen LogP contribution in [0.5, 0.6) is 5.75 Å². The molecule has 0 saturated heterocycles. The fraction of sp³-hybridized carbons (Fsp3) is 0.733. The molecule has 220 valence electrons. The van der Waals surface area contributed by atoms with Gasteiger partial charge in [0.2, 0.25) is 0 Å². The van der Waals surface area contributed by atoms with E-state index in [9.17, 15) is 9.46 Å². The molecule has 0 aliphatic heterocycles. The van der Waals surface area contributed by atoms with Gasteiger partial charge in [-0.1, -0.05) is 133 Å². The van der Waals surface area contributed by atoms with Crippen molar-refractivity contribution in [2.45, 2.75) is 116 Å². The Bertz CT molecular complexity index is 747. The third kappa shape index (κ3) is 20.1.